The van der Waals surface area contributed by atoms with Crippen molar-refractivity contribution in [3.63, 3.8) is 0 Å². The lowest BCUT2D eigenvalue weighted by Crippen LogP contribution is -2.43. The Morgan fingerprint density at radius 1 is 1.09 bits per heavy atom. The standard InChI is InChI=1S/C24H31F3N2O3Si/c1-16(30)28-22(29-31)15-21(32-33(5,6)23(2,3)4)19-9-7-8-18(14-19)17-10-12-20(13-11-17)24(25,26)27/h7-14,21,31H,15H2,1-6H3,(H,28,29,30). The van der Waals surface area contributed by atoms with E-state index in [-0.39, 0.29) is 23.2 Å². The van der Waals surface area contributed by atoms with Gasteiger partial charge in [-0.2, -0.15) is 13.2 Å². The van der Waals surface area contributed by atoms with E-state index in [1.807, 2.05) is 18.2 Å². The molecule has 0 aliphatic rings. The van der Waals surface area contributed by atoms with Crippen molar-refractivity contribution in [3.8, 4) is 11.1 Å². The number of amides is 1. The monoisotopic (exact) mass is 480 g/mol. The maximum atomic E-state index is 12.9. The van der Waals surface area contributed by atoms with Crippen LogP contribution in [0, 0.1) is 0 Å². The molecular formula is C24H31F3N2O3Si. The van der Waals surface area contributed by atoms with Gasteiger partial charge in [-0.05, 0) is 53.0 Å². The summed E-state index contributed by atoms with van der Waals surface area (Å²) in [6.45, 7) is 11.8. The number of benzene rings is 2. The van der Waals surface area contributed by atoms with Gasteiger partial charge < -0.3 is 15.0 Å². The van der Waals surface area contributed by atoms with E-state index >= 15 is 0 Å². The number of oxime groups is 1. The fraction of sp³-hybridized carbons (Fsp3) is 0.417. The van der Waals surface area contributed by atoms with Crippen LogP contribution in [-0.4, -0.2) is 25.3 Å². The van der Waals surface area contributed by atoms with Gasteiger partial charge in [-0.25, -0.2) is 0 Å². The van der Waals surface area contributed by atoms with Gasteiger partial charge in [0.05, 0.1) is 11.7 Å². The SMILES string of the molecule is CC(=O)N/C(CC(O[Si](C)(C)C(C)(C)C)c1cccc(-c2ccc(C(F)(F)F)cc2)c1)=N\O. The van der Waals surface area contributed by atoms with E-state index in [2.05, 4.69) is 44.3 Å². The van der Waals surface area contributed by atoms with Crippen LogP contribution in [0.3, 0.4) is 0 Å². The molecule has 0 aliphatic heterocycles. The maximum absolute atomic E-state index is 12.9. The zero-order valence-corrected chi connectivity index (χ0v) is 20.7. The summed E-state index contributed by atoms with van der Waals surface area (Å²) < 4.78 is 45.4. The van der Waals surface area contributed by atoms with Gasteiger partial charge in [0.15, 0.2) is 14.2 Å². The van der Waals surface area contributed by atoms with E-state index in [1.165, 1.54) is 19.1 Å². The van der Waals surface area contributed by atoms with Crippen LogP contribution in [0.15, 0.2) is 53.7 Å². The highest BCUT2D eigenvalue weighted by molar-refractivity contribution is 6.74. The summed E-state index contributed by atoms with van der Waals surface area (Å²) in [5.74, 6) is -0.293. The highest BCUT2D eigenvalue weighted by Crippen LogP contribution is 2.41. The van der Waals surface area contributed by atoms with Crippen LogP contribution in [0.4, 0.5) is 13.2 Å². The summed E-state index contributed by atoms with van der Waals surface area (Å²) in [6.07, 6.45) is -4.80. The van der Waals surface area contributed by atoms with Crippen molar-refractivity contribution in [1.29, 1.82) is 0 Å². The number of hydrogen-bond acceptors (Lipinski definition) is 4. The summed E-state index contributed by atoms with van der Waals surface area (Å²) in [5, 5.41) is 15.0. The third kappa shape index (κ3) is 7.16. The molecule has 1 unspecified atom stereocenters. The predicted octanol–water partition coefficient (Wildman–Crippen LogP) is 6.75. The topological polar surface area (TPSA) is 70.9 Å². The van der Waals surface area contributed by atoms with Crippen molar-refractivity contribution in [1.82, 2.24) is 5.32 Å². The van der Waals surface area contributed by atoms with Crippen LogP contribution in [0.2, 0.25) is 18.1 Å². The minimum absolute atomic E-state index is 0.0751. The number of rotatable bonds is 6. The van der Waals surface area contributed by atoms with Gasteiger partial charge in [0.25, 0.3) is 0 Å². The number of nitrogens with one attached hydrogen (secondary N) is 1. The van der Waals surface area contributed by atoms with E-state index < -0.39 is 26.2 Å². The first-order valence-corrected chi connectivity index (χ1v) is 13.5. The van der Waals surface area contributed by atoms with Gasteiger partial charge in [-0.3, -0.25) is 4.79 Å². The number of amidine groups is 1. The van der Waals surface area contributed by atoms with Gasteiger partial charge in [0, 0.05) is 13.3 Å². The van der Waals surface area contributed by atoms with Crippen LogP contribution in [0.5, 0.6) is 0 Å². The Bertz CT molecular complexity index is 997. The number of carbonyl (C=O) groups is 1. The van der Waals surface area contributed by atoms with E-state index in [9.17, 15) is 23.2 Å². The van der Waals surface area contributed by atoms with Crippen molar-refractivity contribution >= 4 is 20.1 Å². The largest absolute Gasteiger partial charge is 0.416 e. The van der Waals surface area contributed by atoms with Crippen LogP contribution >= 0.6 is 0 Å². The third-order valence-electron chi connectivity index (χ3n) is 5.87. The Balaban J connectivity index is 2.45. The summed E-state index contributed by atoms with van der Waals surface area (Å²) in [6, 6.07) is 12.3. The number of carbonyl (C=O) groups excluding carboxylic acids is 1. The van der Waals surface area contributed by atoms with Crippen LogP contribution in [0.1, 0.15) is 51.3 Å². The first kappa shape index (κ1) is 26.6. The molecular weight excluding hydrogens is 449 g/mol. The second kappa shape index (κ2) is 10.1. The lowest BCUT2D eigenvalue weighted by molar-refractivity contribution is -0.137. The summed E-state index contributed by atoms with van der Waals surface area (Å²) >= 11 is 0. The molecule has 2 aromatic carbocycles. The molecule has 0 radical (unpaired) electrons. The Hall–Kier alpha value is -2.65. The third-order valence-corrected chi connectivity index (χ3v) is 10.4. The summed E-state index contributed by atoms with van der Waals surface area (Å²) in [4.78, 5) is 11.5. The first-order chi connectivity index (χ1) is 15.1. The molecule has 9 heteroatoms. The van der Waals surface area contributed by atoms with Gasteiger partial charge in [0.2, 0.25) is 5.91 Å². The molecule has 2 aromatic rings. The average molecular weight is 481 g/mol. The molecule has 180 valence electrons. The van der Waals surface area contributed by atoms with Gasteiger partial charge in [-0.1, -0.05) is 56.3 Å². The molecule has 5 nitrogen and oxygen atoms in total. The van der Waals surface area contributed by atoms with Crippen molar-refractivity contribution in [3.05, 3.63) is 59.7 Å². The molecule has 0 heterocycles. The van der Waals surface area contributed by atoms with Crippen molar-refractivity contribution in [2.45, 2.75) is 64.5 Å². The first-order valence-electron chi connectivity index (χ1n) is 10.6. The van der Waals surface area contributed by atoms with Crippen LogP contribution in [-0.2, 0) is 15.4 Å². The lowest BCUT2D eigenvalue weighted by atomic mass is 9.98. The molecule has 0 aliphatic carbocycles. The fourth-order valence-corrected chi connectivity index (χ4v) is 4.31. The van der Waals surface area contributed by atoms with E-state index in [4.69, 9.17) is 4.43 Å². The van der Waals surface area contributed by atoms with Crippen LogP contribution < -0.4 is 5.32 Å². The van der Waals surface area contributed by atoms with Crippen molar-refractivity contribution in [2.75, 3.05) is 0 Å². The lowest BCUT2D eigenvalue weighted by Gasteiger charge is -2.39. The molecule has 0 saturated carbocycles. The van der Waals surface area contributed by atoms with Crippen molar-refractivity contribution in [2.24, 2.45) is 5.16 Å². The zero-order chi connectivity index (χ0) is 25.0. The molecule has 1 amide bonds. The molecule has 0 aromatic heterocycles. The molecule has 0 saturated heterocycles. The Labute approximate surface area is 193 Å². The number of halogens is 3. The normalized spacial score (nSPS) is 14.2. The van der Waals surface area contributed by atoms with Crippen LogP contribution in [0.25, 0.3) is 11.1 Å². The van der Waals surface area contributed by atoms with Gasteiger partial charge in [0.1, 0.15) is 0 Å². The quantitative estimate of drug-likeness (QED) is 0.158. The molecule has 0 fully saturated rings. The number of nitrogens with zero attached hydrogens (tertiary/aromatic N) is 1. The average Bonchev–Trinajstić information content (AvgIpc) is 2.71. The smallest absolute Gasteiger partial charge is 0.409 e. The second-order valence-electron chi connectivity index (χ2n) is 9.50. The molecule has 0 bridgehead atoms. The minimum Gasteiger partial charge on any atom is -0.409 e. The predicted molar refractivity (Wildman–Crippen MR) is 126 cm³/mol. The molecule has 2 rings (SSSR count). The molecule has 33 heavy (non-hydrogen) atoms. The van der Waals surface area contributed by atoms with E-state index in [0.29, 0.717) is 5.56 Å². The van der Waals surface area contributed by atoms with Crippen molar-refractivity contribution < 1.29 is 27.6 Å². The Kier molecular flexibility index (Phi) is 8.13. The van der Waals surface area contributed by atoms with E-state index in [1.54, 1.807) is 6.07 Å². The maximum Gasteiger partial charge on any atom is 0.416 e. The van der Waals surface area contributed by atoms with E-state index in [0.717, 1.165) is 23.3 Å². The number of alkyl halides is 3. The Morgan fingerprint density at radius 3 is 2.18 bits per heavy atom. The second-order valence-corrected chi connectivity index (χ2v) is 14.3. The van der Waals surface area contributed by atoms with Gasteiger partial charge >= 0.3 is 6.18 Å². The molecule has 1 atom stereocenters. The Morgan fingerprint density at radius 2 is 1.70 bits per heavy atom. The highest BCUT2D eigenvalue weighted by Gasteiger charge is 2.40. The highest BCUT2D eigenvalue weighted by atomic mass is 28.4. The summed E-state index contributed by atoms with van der Waals surface area (Å²) in [7, 11) is -2.27. The minimum atomic E-state index is -4.40. The fourth-order valence-electron chi connectivity index (χ4n) is 3.03. The number of hydrogen-bond donors (Lipinski definition) is 2. The summed E-state index contributed by atoms with van der Waals surface area (Å²) in [5.41, 5.74) is 1.42. The zero-order valence-electron chi connectivity index (χ0n) is 19.7. The molecule has 2 N–H and O–H groups in total. The molecule has 0 spiro atoms. The van der Waals surface area contributed by atoms with Gasteiger partial charge in [-0.15, -0.1) is 0 Å².